The maximum atomic E-state index is 14.2. The third-order valence-corrected chi connectivity index (χ3v) is 4.88. The molecular formula is C20H15FN4O3. The van der Waals surface area contributed by atoms with E-state index in [0.29, 0.717) is 39.7 Å². The number of nitrogens with two attached hydrogens (primary N) is 1. The molecule has 5 rings (SSSR count). The van der Waals surface area contributed by atoms with Crippen molar-refractivity contribution in [3.05, 3.63) is 65.9 Å². The first-order chi connectivity index (χ1) is 13.6. The predicted octanol–water partition coefficient (Wildman–Crippen LogP) is 2.73. The number of aromatic hydroxyl groups is 1. The van der Waals surface area contributed by atoms with Crippen LogP contribution in [0.3, 0.4) is 0 Å². The molecule has 7 nitrogen and oxygen atoms in total. The molecule has 1 aromatic carbocycles. The summed E-state index contributed by atoms with van der Waals surface area (Å²) in [6.45, 7) is 0.387. The Bertz CT molecular complexity index is 1130. The molecule has 0 bridgehead atoms. The predicted molar refractivity (Wildman–Crippen MR) is 98.8 cm³/mol. The number of fused-ring (bicyclic) bond motifs is 4. The second-order valence-electron chi connectivity index (χ2n) is 6.66. The van der Waals surface area contributed by atoms with Gasteiger partial charge < -0.3 is 20.3 Å². The first-order valence-corrected chi connectivity index (χ1v) is 8.61. The Morgan fingerprint density at radius 1 is 1.14 bits per heavy atom. The molecule has 0 aliphatic carbocycles. The van der Waals surface area contributed by atoms with Crippen LogP contribution in [0.25, 0.3) is 11.1 Å². The zero-order valence-corrected chi connectivity index (χ0v) is 14.6. The maximum Gasteiger partial charge on any atom is 0.225 e. The fourth-order valence-electron chi connectivity index (χ4n) is 3.67. The summed E-state index contributed by atoms with van der Waals surface area (Å²) < 4.78 is 25.8. The largest absolute Gasteiger partial charge is 0.506 e. The second-order valence-corrected chi connectivity index (χ2v) is 6.66. The number of hydrogen-bond donors (Lipinski definition) is 2. The van der Waals surface area contributed by atoms with Crippen molar-refractivity contribution in [3.8, 4) is 28.5 Å². The van der Waals surface area contributed by atoms with Crippen molar-refractivity contribution in [2.24, 2.45) is 10.7 Å². The van der Waals surface area contributed by atoms with Crippen molar-refractivity contribution in [3.63, 3.8) is 0 Å². The van der Waals surface area contributed by atoms with Crippen LogP contribution in [-0.4, -0.2) is 34.1 Å². The lowest BCUT2D eigenvalue weighted by Crippen LogP contribution is -2.42. The number of amidine groups is 1. The number of hydrogen-bond acceptors (Lipinski definition) is 7. The van der Waals surface area contributed by atoms with E-state index in [9.17, 15) is 9.50 Å². The molecule has 2 aromatic heterocycles. The lowest BCUT2D eigenvalue weighted by atomic mass is 9.80. The minimum Gasteiger partial charge on any atom is -0.506 e. The van der Waals surface area contributed by atoms with Crippen molar-refractivity contribution in [1.29, 1.82) is 0 Å². The summed E-state index contributed by atoms with van der Waals surface area (Å²) in [5.74, 6) is 0.537. The van der Waals surface area contributed by atoms with E-state index in [1.54, 1.807) is 30.3 Å². The SMILES string of the molecule is NC1=NC2(COC1)c1cc(-c3cccnc3F)ccc1Oc1ncc(O)cc12. The molecular weight excluding hydrogens is 363 g/mol. The van der Waals surface area contributed by atoms with Crippen molar-refractivity contribution in [1.82, 2.24) is 9.97 Å². The smallest absolute Gasteiger partial charge is 0.225 e. The molecule has 2 aliphatic rings. The van der Waals surface area contributed by atoms with Gasteiger partial charge in [0, 0.05) is 17.3 Å². The molecule has 0 amide bonds. The van der Waals surface area contributed by atoms with Gasteiger partial charge in [-0.1, -0.05) is 6.07 Å². The first kappa shape index (κ1) is 16.6. The number of ether oxygens (including phenoxy) is 2. The van der Waals surface area contributed by atoms with Gasteiger partial charge in [-0.25, -0.2) is 9.97 Å². The zero-order valence-electron chi connectivity index (χ0n) is 14.6. The Labute approximate surface area is 159 Å². The van der Waals surface area contributed by atoms with Crippen molar-refractivity contribution < 1.29 is 19.0 Å². The Kier molecular flexibility index (Phi) is 3.56. The van der Waals surface area contributed by atoms with E-state index in [-0.39, 0.29) is 19.0 Å². The van der Waals surface area contributed by atoms with Crippen molar-refractivity contribution in [2.45, 2.75) is 5.54 Å². The Hall–Kier alpha value is -3.52. The highest BCUT2D eigenvalue weighted by molar-refractivity contribution is 5.84. The monoisotopic (exact) mass is 378 g/mol. The van der Waals surface area contributed by atoms with Crippen LogP contribution in [0.1, 0.15) is 11.1 Å². The maximum absolute atomic E-state index is 14.2. The highest BCUT2D eigenvalue weighted by atomic mass is 19.1. The molecule has 0 saturated carbocycles. The number of pyridine rings is 2. The van der Waals surface area contributed by atoms with Crippen molar-refractivity contribution in [2.75, 3.05) is 13.2 Å². The Morgan fingerprint density at radius 2 is 2.04 bits per heavy atom. The van der Waals surface area contributed by atoms with Gasteiger partial charge in [-0.2, -0.15) is 4.39 Å². The van der Waals surface area contributed by atoms with Crippen LogP contribution < -0.4 is 10.5 Å². The number of aromatic nitrogens is 2. The van der Waals surface area contributed by atoms with Gasteiger partial charge in [0.05, 0.1) is 18.4 Å². The van der Waals surface area contributed by atoms with Crippen LogP contribution in [0.4, 0.5) is 4.39 Å². The minimum atomic E-state index is -1.05. The molecule has 28 heavy (non-hydrogen) atoms. The summed E-state index contributed by atoms with van der Waals surface area (Å²) in [4.78, 5) is 12.6. The summed E-state index contributed by atoms with van der Waals surface area (Å²) in [7, 11) is 0. The highest BCUT2D eigenvalue weighted by Gasteiger charge is 2.45. The van der Waals surface area contributed by atoms with Crippen LogP contribution >= 0.6 is 0 Å². The van der Waals surface area contributed by atoms with Gasteiger partial charge in [0.15, 0.2) is 0 Å². The van der Waals surface area contributed by atoms with Gasteiger partial charge in [0.1, 0.15) is 29.5 Å². The molecule has 140 valence electrons. The molecule has 3 aromatic rings. The van der Waals surface area contributed by atoms with E-state index in [1.807, 2.05) is 0 Å². The molecule has 1 spiro atoms. The molecule has 2 aliphatic heterocycles. The molecule has 0 fully saturated rings. The van der Waals surface area contributed by atoms with Gasteiger partial charge >= 0.3 is 0 Å². The lowest BCUT2D eigenvalue weighted by Gasteiger charge is -2.38. The molecule has 4 heterocycles. The summed E-state index contributed by atoms with van der Waals surface area (Å²) in [6, 6.07) is 10.1. The Morgan fingerprint density at radius 3 is 2.86 bits per heavy atom. The molecule has 3 N–H and O–H groups in total. The fourth-order valence-corrected chi connectivity index (χ4v) is 3.67. The third-order valence-electron chi connectivity index (χ3n) is 4.88. The van der Waals surface area contributed by atoms with Crippen LogP contribution in [0.15, 0.2) is 53.8 Å². The second kappa shape index (κ2) is 6.00. The van der Waals surface area contributed by atoms with E-state index in [0.717, 1.165) is 0 Å². The van der Waals surface area contributed by atoms with E-state index in [2.05, 4.69) is 15.0 Å². The third kappa shape index (κ3) is 2.42. The molecule has 1 atom stereocenters. The van der Waals surface area contributed by atoms with E-state index in [4.69, 9.17) is 15.2 Å². The molecule has 8 heteroatoms. The number of rotatable bonds is 1. The first-order valence-electron chi connectivity index (χ1n) is 8.61. The summed E-state index contributed by atoms with van der Waals surface area (Å²) in [5.41, 5.74) is 7.10. The standard InChI is InChI=1S/C20H15FN4O3/c21-18-13(2-1-5-23-18)11-3-4-16-14(6-11)20(10-27-9-17(22)25-20)15-7-12(26)8-24-19(15)28-16/h1-8,26H,9-10H2,(H2,22,25). The topological polar surface area (TPSA) is 103 Å². The average molecular weight is 378 g/mol. The summed E-state index contributed by atoms with van der Waals surface area (Å²) >= 11 is 0. The minimum absolute atomic E-state index is 0.0287. The van der Waals surface area contributed by atoms with E-state index >= 15 is 0 Å². The lowest BCUT2D eigenvalue weighted by molar-refractivity contribution is 0.109. The average Bonchev–Trinajstić information content (AvgIpc) is 2.69. The number of halogens is 1. The number of aliphatic imine (C=N–C) groups is 1. The van der Waals surface area contributed by atoms with Crippen LogP contribution in [0.2, 0.25) is 0 Å². The quantitative estimate of drug-likeness (QED) is 0.631. The Balaban J connectivity index is 1.78. The van der Waals surface area contributed by atoms with Crippen LogP contribution in [-0.2, 0) is 10.3 Å². The molecule has 0 radical (unpaired) electrons. The van der Waals surface area contributed by atoms with E-state index in [1.165, 1.54) is 18.5 Å². The van der Waals surface area contributed by atoms with Crippen molar-refractivity contribution >= 4 is 5.84 Å². The van der Waals surface area contributed by atoms with Crippen LogP contribution in [0, 0.1) is 5.95 Å². The van der Waals surface area contributed by atoms with Gasteiger partial charge in [-0.05, 0) is 35.9 Å². The fraction of sp³-hybridized carbons (Fsp3) is 0.150. The summed E-state index contributed by atoms with van der Waals surface area (Å²) in [5, 5.41) is 9.99. The van der Waals surface area contributed by atoms with Gasteiger partial charge in [-0.3, -0.25) is 4.99 Å². The van der Waals surface area contributed by atoms with Gasteiger partial charge in [-0.15, -0.1) is 0 Å². The molecule has 1 unspecified atom stereocenters. The molecule has 0 saturated heterocycles. The van der Waals surface area contributed by atoms with Crippen LogP contribution in [0.5, 0.6) is 17.4 Å². The van der Waals surface area contributed by atoms with Gasteiger partial charge in [0.25, 0.3) is 0 Å². The van der Waals surface area contributed by atoms with E-state index < -0.39 is 11.5 Å². The summed E-state index contributed by atoms with van der Waals surface area (Å²) in [6.07, 6.45) is 2.69. The van der Waals surface area contributed by atoms with Gasteiger partial charge in [0.2, 0.25) is 11.8 Å². The number of benzene rings is 1. The highest BCUT2D eigenvalue weighted by Crippen LogP contribution is 2.50. The normalized spacial score (nSPS) is 20.1. The zero-order chi connectivity index (χ0) is 19.3. The number of nitrogens with zero attached hydrogens (tertiary/aromatic N) is 3.